The number of para-hydroxylation sites is 2. The van der Waals surface area contributed by atoms with Gasteiger partial charge in [-0.2, -0.15) is 0 Å². The topological polar surface area (TPSA) is 6.48 Å². The van der Waals surface area contributed by atoms with Crippen LogP contribution in [0.2, 0.25) is 0 Å². The molecule has 87 heavy (non-hydrogen) atoms. The van der Waals surface area contributed by atoms with E-state index in [-0.39, 0.29) is 16.2 Å². The second-order valence-corrected chi connectivity index (χ2v) is 25.4. The van der Waals surface area contributed by atoms with Crippen LogP contribution in [0.3, 0.4) is 0 Å². The molecule has 0 atom stereocenters. The third-order valence-electron chi connectivity index (χ3n) is 19.0. The first-order chi connectivity index (χ1) is 42.4. The molecule has 12 aromatic carbocycles. The van der Waals surface area contributed by atoms with Crippen LogP contribution in [0.1, 0.15) is 97.2 Å². The summed E-state index contributed by atoms with van der Waals surface area (Å²) in [6, 6.07) is 103. The van der Waals surface area contributed by atoms with Gasteiger partial charge in [0.2, 0.25) is 0 Å². The van der Waals surface area contributed by atoms with Crippen LogP contribution in [0.5, 0.6) is 0 Å². The van der Waals surface area contributed by atoms with E-state index in [1.807, 2.05) is 0 Å². The van der Waals surface area contributed by atoms with Gasteiger partial charge in [0.15, 0.2) is 0 Å². The molecule has 0 heterocycles. The maximum atomic E-state index is 2.42. The van der Waals surface area contributed by atoms with E-state index in [0.29, 0.717) is 0 Å². The van der Waals surface area contributed by atoms with Crippen molar-refractivity contribution in [3.63, 3.8) is 0 Å². The summed E-state index contributed by atoms with van der Waals surface area (Å²) in [6.07, 6.45) is 9.18. The Bertz CT molecular complexity index is 4400. The van der Waals surface area contributed by atoms with Gasteiger partial charge in [-0.3, -0.25) is 0 Å². The highest BCUT2D eigenvalue weighted by molar-refractivity contribution is 5.91. The Morgan fingerprint density at radius 2 is 0.448 bits per heavy atom. The lowest BCUT2D eigenvalue weighted by Crippen LogP contribution is -2.16. The minimum Gasteiger partial charge on any atom is -0.310 e. The molecule has 0 aliphatic heterocycles. The van der Waals surface area contributed by atoms with Crippen LogP contribution in [0.4, 0.5) is 34.1 Å². The van der Waals surface area contributed by atoms with Crippen LogP contribution in [-0.4, -0.2) is 0 Å². The van der Waals surface area contributed by atoms with Gasteiger partial charge in [-0.1, -0.05) is 272 Å². The fourth-order valence-electron chi connectivity index (χ4n) is 14.3. The monoisotopic (exact) mass is 1120 g/mol. The Labute approximate surface area is 513 Å². The molecule has 0 amide bonds. The molecule has 0 unspecified atom stereocenters. The molecule has 418 valence electrons. The molecule has 3 aliphatic carbocycles. The highest BCUT2D eigenvalue weighted by atomic mass is 15.1. The summed E-state index contributed by atoms with van der Waals surface area (Å²) in [5.74, 6) is 0. The van der Waals surface area contributed by atoms with Crippen molar-refractivity contribution in [2.24, 2.45) is 0 Å². The Balaban J connectivity index is 0.660. The van der Waals surface area contributed by atoms with E-state index in [4.69, 9.17) is 0 Å². The van der Waals surface area contributed by atoms with Gasteiger partial charge in [0.05, 0.1) is 0 Å². The Hall–Kier alpha value is -10.3. The first-order valence-electron chi connectivity index (χ1n) is 30.6. The standard InChI is InChI=1S/C85H68N2/c1-83(2)77-49-57(33-35-59-39-45-73-75-47-41-69(55-81(75)84(3,4)79(73)51-59)86(65-27-15-9-16-28-65)67-31-19-25-63(53-67)61-21-11-7-12-22-61)37-43-71(77)72-44-38-58(50-78(72)83)34-36-60-40-46-74-76-48-42-70(56-82(76)85(5,6)80(74)52-60)87(66-29-17-10-18-30-66)68-32-20-26-64(54-68)62-23-13-8-14-24-62/h7-56H,1-6H3/b35-33+,36-34+. The Kier molecular flexibility index (Phi) is 12.9. The van der Waals surface area contributed by atoms with E-state index in [1.54, 1.807) is 0 Å². The molecule has 0 aromatic heterocycles. The highest BCUT2D eigenvalue weighted by Crippen LogP contribution is 2.54. The van der Waals surface area contributed by atoms with Crippen molar-refractivity contribution in [1.82, 2.24) is 0 Å². The van der Waals surface area contributed by atoms with Gasteiger partial charge in [0.25, 0.3) is 0 Å². The van der Waals surface area contributed by atoms with Gasteiger partial charge in [0, 0.05) is 50.4 Å². The molecule has 0 saturated heterocycles. The number of benzene rings is 12. The second kappa shape index (κ2) is 21.0. The largest absolute Gasteiger partial charge is 0.310 e. The van der Waals surface area contributed by atoms with E-state index in [9.17, 15) is 0 Å². The summed E-state index contributed by atoms with van der Waals surface area (Å²) < 4.78 is 0. The average molecular weight is 1120 g/mol. The van der Waals surface area contributed by atoms with Crippen molar-refractivity contribution >= 4 is 58.4 Å². The normalized spacial score (nSPS) is 14.3. The van der Waals surface area contributed by atoms with Crippen LogP contribution in [0.15, 0.2) is 279 Å². The lowest BCUT2D eigenvalue weighted by Gasteiger charge is -2.28. The number of nitrogens with zero attached hydrogens (tertiary/aromatic N) is 2. The molecule has 3 aliphatic rings. The van der Waals surface area contributed by atoms with Crippen molar-refractivity contribution in [2.45, 2.75) is 57.8 Å². The van der Waals surface area contributed by atoms with Crippen molar-refractivity contribution < 1.29 is 0 Å². The van der Waals surface area contributed by atoms with Crippen molar-refractivity contribution in [2.75, 3.05) is 9.80 Å². The highest BCUT2D eigenvalue weighted by Gasteiger charge is 2.39. The van der Waals surface area contributed by atoms with E-state index in [1.165, 1.54) is 111 Å². The summed E-state index contributed by atoms with van der Waals surface area (Å²) in [7, 11) is 0. The third-order valence-corrected chi connectivity index (χ3v) is 19.0. The number of rotatable bonds is 12. The van der Waals surface area contributed by atoms with Crippen molar-refractivity contribution in [3.8, 4) is 55.6 Å². The third kappa shape index (κ3) is 9.36. The lowest BCUT2D eigenvalue weighted by atomic mass is 9.81. The fourth-order valence-corrected chi connectivity index (χ4v) is 14.3. The van der Waals surface area contributed by atoms with Gasteiger partial charge in [-0.15, -0.1) is 0 Å². The fraction of sp³-hybridized carbons (Fsp3) is 0.106. The summed E-state index contributed by atoms with van der Waals surface area (Å²) >= 11 is 0. The maximum Gasteiger partial charge on any atom is 0.0467 e. The van der Waals surface area contributed by atoms with E-state index < -0.39 is 0 Å². The minimum atomic E-state index is -0.198. The zero-order valence-corrected chi connectivity index (χ0v) is 50.3. The molecule has 2 heteroatoms. The SMILES string of the molecule is CC1(C)c2cc(/C=C/c3ccc4c(c3)C(C)(C)c3cc(N(c5ccccc5)c5cccc(-c6ccccc6)c5)ccc3-4)ccc2-c2ccc(/C=C/c3ccc4c(c3)C(C)(C)c3cc(N(c5ccccc5)c5cccc(-c6ccccc6)c5)ccc3-4)cc21. The molecule has 15 rings (SSSR count). The first kappa shape index (κ1) is 53.4. The molecule has 0 spiro atoms. The van der Waals surface area contributed by atoms with Crippen LogP contribution in [-0.2, 0) is 16.2 Å². The predicted molar refractivity (Wildman–Crippen MR) is 370 cm³/mol. The van der Waals surface area contributed by atoms with Crippen LogP contribution in [0, 0.1) is 0 Å². The van der Waals surface area contributed by atoms with Crippen LogP contribution < -0.4 is 9.80 Å². The van der Waals surface area contributed by atoms with E-state index in [2.05, 4.69) is 355 Å². The zero-order chi connectivity index (χ0) is 59.0. The quantitative estimate of drug-likeness (QED) is 0.113. The molecular formula is C85H68N2. The first-order valence-corrected chi connectivity index (χ1v) is 30.6. The molecule has 12 aromatic rings. The molecule has 0 fully saturated rings. The Morgan fingerprint density at radius 1 is 0.207 bits per heavy atom. The van der Waals surface area contributed by atoms with Crippen LogP contribution >= 0.6 is 0 Å². The molecular weight excluding hydrogens is 1050 g/mol. The second-order valence-electron chi connectivity index (χ2n) is 25.4. The number of anilines is 6. The predicted octanol–water partition coefficient (Wildman–Crippen LogP) is 23.2. The van der Waals surface area contributed by atoms with Crippen molar-refractivity contribution in [3.05, 3.63) is 335 Å². The van der Waals surface area contributed by atoms with Gasteiger partial charge in [-0.25, -0.2) is 0 Å². The number of fused-ring (bicyclic) bond motifs is 9. The van der Waals surface area contributed by atoms with Crippen molar-refractivity contribution in [1.29, 1.82) is 0 Å². The summed E-state index contributed by atoms with van der Waals surface area (Å²) in [6.45, 7) is 14.3. The summed E-state index contributed by atoms with van der Waals surface area (Å²) in [4.78, 5) is 4.79. The van der Waals surface area contributed by atoms with Gasteiger partial charge >= 0.3 is 0 Å². The number of hydrogen-bond acceptors (Lipinski definition) is 2. The van der Waals surface area contributed by atoms with Gasteiger partial charge in [-0.05, 0) is 184 Å². The Morgan fingerprint density at radius 3 is 0.759 bits per heavy atom. The zero-order valence-electron chi connectivity index (χ0n) is 50.3. The van der Waals surface area contributed by atoms with E-state index in [0.717, 1.165) is 34.1 Å². The van der Waals surface area contributed by atoms with Gasteiger partial charge in [0.1, 0.15) is 0 Å². The molecule has 0 bridgehead atoms. The van der Waals surface area contributed by atoms with Gasteiger partial charge < -0.3 is 9.80 Å². The molecule has 0 saturated carbocycles. The minimum absolute atomic E-state index is 0.162. The van der Waals surface area contributed by atoms with Crippen LogP contribution in [0.25, 0.3) is 79.9 Å². The molecule has 0 radical (unpaired) electrons. The number of hydrogen-bond donors (Lipinski definition) is 0. The molecule has 0 N–H and O–H groups in total. The summed E-state index contributed by atoms with van der Waals surface area (Å²) in [5, 5.41) is 0. The maximum absolute atomic E-state index is 2.42. The lowest BCUT2D eigenvalue weighted by molar-refractivity contribution is 0.660. The smallest absolute Gasteiger partial charge is 0.0467 e. The summed E-state index contributed by atoms with van der Waals surface area (Å²) in [5.41, 5.74) is 31.9. The average Bonchev–Trinajstić information content (AvgIpc) is 1.65. The van der Waals surface area contributed by atoms with E-state index >= 15 is 0 Å². The molecule has 2 nitrogen and oxygen atoms in total.